The Morgan fingerprint density at radius 3 is 2.68 bits per heavy atom. The molecule has 25 heavy (non-hydrogen) atoms. The zero-order valence-electron chi connectivity index (χ0n) is 13.4. The molecule has 136 valence electrons. The van der Waals surface area contributed by atoms with Crippen molar-refractivity contribution in [2.75, 3.05) is 25.2 Å². The maximum atomic E-state index is 12.0. The summed E-state index contributed by atoms with van der Waals surface area (Å²) in [5, 5.41) is 0.863. The Morgan fingerprint density at radius 2 is 2.08 bits per heavy atom. The smallest absolute Gasteiger partial charge is 0.331 e. The van der Waals surface area contributed by atoms with Crippen molar-refractivity contribution in [1.82, 2.24) is 4.90 Å². The average molecular weight is 406 g/mol. The first-order valence-electron chi connectivity index (χ1n) is 7.44. The molecule has 0 radical (unpaired) electrons. The van der Waals surface area contributed by atoms with E-state index in [9.17, 15) is 18.0 Å². The van der Waals surface area contributed by atoms with Gasteiger partial charge in [-0.3, -0.25) is 4.79 Å². The van der Waals surface area contributed by atoms with Crippen molar-refractivity contribution in [3.63, 3.8) is 0 Å². The number of hydrogen-bond acceptors (Lipinski definition) is 5. The summed E-state index contributed by atoms with van der Waals surface area (Å²) in [6, 6.07) is 4.45. The van der Waals surface area contributed by atoms with Gasteiger partial charge >= 0.3 is 5.97 Å². The highest BCUT2D eigenvalue weighted by Gasteiger charge is 2.32. The summed E-state index contributed by atoms with van der Waals surface area (Å²) in [7, 11) is -1.58. The number of hydrogen-bond donors (Lipinski definition) is 0. The van der Waals surface area contributed by atoms with Crippen LogP contribution in [0.2, 0.25) is 10.0 Å². The zero-order chi connectivity index (χ0) is 18.6. The summed E-state index contributed by atoms with van der Waals surface area (Å²) in [5.41, 5.74) is 0.586. The Labute approximate surface area is 156 Å². The van der Waals surface area contributed by atoms with E-state index >= 15 is 0 Å². The van der Waals surface area contributed by atoms with Crippen molar-refractivity contribution >= 4 is 51.0 Å². The number of likely N-dealkylation sites (N-methyl/N-ethyl adjacent to an activating group) is 1. The summed E-state index contributed by atoms with van der Waals surface area (Å²) >= 11 is 11.8. The third-order valence-electron chi connectivity index (χ3n) is 3.85. The highest BCUT2D eigenvalue weighted by Crippen LogP contribution is 2.22. The van der Waals surface area contributed by atoms with Gasteiger partial charge in [-0.1, -0.05) is 29.3 Å². The number of amides is 1. The van der Waals surface area contributed by atoms with Gasteiger partial charge in [-0.2, -0.15) is 0 Å². The molecule has 1 atom stereocenters. The lowest BCUT2D eigenvalue weighted by molar-refractivity contribution is -0.148. The Morgan fingerprint density at radius 1 is 1.36 bits per heavy atom. The third-order valence-corrected chi connectivity index (χ3v) is 6.16. The molecule has 9 heteroatoms. The van der Waals surface area contributed by atoms with Gasteiger partial charge in [0.25, 0.3) is 5.91 Å². The maximum Gasteiger partial charge on any atom is 0.331 e. The number of rotatable bonds is 5. The molecule has 0 bridgehead atoms. The second-order valence-electron chi connectivity index (χ2n) is 5.67. The van der Waals surface area contributed by atoms with Crippen LogP contribution in [0.25, 0.3) is 6.08 Å². The minimum absolute atomic E-state index is 0.0574. The van der Waals surface area contributed by atoms with Gasteiger partial charge in [0.1, 0.15) is 0 Å². The molecular formula is C16H17Cl2NO5S. The van der Waals surface area contributed by atoms with Gasteiger partial charge in [0.05, 0.1) is 11.5 Å². The van der Waals surface area contributed by atoms with Crippen molar-refractivity contribution in [3.05, 3.63) is 39.9 Å². The van der Waals surface area contributed by atoms with Crippen LogP contribution < -0.4 is 0 Å². The Hall–Kier alpha value is -1.57. The molecule has 6 nitrogen and oxygen atoms in total. The molecule has 1 aliphatic rings. The number of carbonyl (C=O) groups is 2. The van der Waals surface area contributed by atoms with Crippen LogP contribution in [0.1, 0.15) is 12.0 Å². The van der Waals surface area contributed by atoms with E-state index in [1.807, 2.05) is 0 Å². The van der Waals surface area contributed by atoms with Crippen LogP contribution in [0.4, 0.5) is 0 Å². The fourth-order valence-electron chi connectivity index (χ4n) is 2.36. The average Bonchev–Trinajstić information content (AvgIpc) is 2.91. The number of nitrogens with zero attached hydrogens (tertiary/aromatic N) is 1. The first-order valence-corrected chi connectivity index (χ1v) is 10.0. The number of sulfone groups is 1. The lowest BCUT2D eigenvalue weighted by Gasteiger charge is -2.22. The Kier molecular flexibility index (Phi) is 6.48. The SMILES string of the molecule is CN(C(=O)COC(=O)/C=C/c1ccc(Cl)cc1Cl)[C@H]1CCS(=O)(=O)C1. The van der Waals surface area contributed by atoms with E-state index in [4.69, 9.17) is 27.9 Å². The van der Waals surface area contributed by atoms with E-state index < -0.39 is 28.3 Å². The minimum Gasteiger partial charge on any atom is -0.452 e. The number of ether oxygens (including phenoxy) is 1. The van der Waals surface area contributed by atoms with Gasteiger partial charge < -0.3 is 9.64 Å². The first-order chi connectivity index (χ1) is 11.7. The van der Waals surface area contributed by atoms with Crippen molar-refractivity contribution in [2.45, 2.75) is 12.5 Å². The van der Waals surface area contributed by atoms with Gasteiger partial charge in [0.15, 0.2) is 16.4 Å². The molecule has 0 unspecified atom stereocenters. The number of benzene rings is 1. The first kappa shape index (κ1) is 19.8. The van der Waals surface area contributed by atoms with Gasteiger partial charge in [0, 0.05) is 29.2 Å². The summed E-state index contributed by atoms with van der Waals surface area (Å²) < 4.78 is 27.8. The molecule has 1 aromatic carbocycles. The molecule has 1 saturated heterocycles. The number of carbonyl (C=O) groups excluding carboxylic acids is 2. The predicted molar refractivity (Wildman–Crippen MR) is 96.3 cm³/mol. The fraction of sp³-hybridized carbons (Fsp3) is 0.375. The summed E-state index contributed by atoms with van der Waals surface area (Å²) in [6.07, 6.45) is 3.01. The molecule has 0 aliphatic carbocycles. The maximum absolute atomic E-state index is 12.0. The van der Waals surface area contributed by atoms with Crippen LogP contribution >= 0.6 is 23.2 Å². The largest absolute Gasteiger partial charge is 0.452 e. The van der Waals surface area contributed by atoms with Gasteiger partial charge in [-0.15, -0.1) is 0 Å². The van der Waals surface area contributed by atoms with Crippen LogP contribution in [0.3, 0.4) is 0 Å². The van der Waals surface area contributed by atoms with E-state index in [0.717, 1.165) is 6.08 Å². The molecule has 0 spiro atoms. The molecule has 0 N–H and O–H groups in total. The van der Waals surface area contributed by atoms with E-state index in [0.29, 0.717) is 22.0 Å². The molecule has 1 fully saturated rings. The summed E-state index contributed by atoms with van der Waals surface area (Å²) in [5.74, 6) is -1.14. The van der Waals surface area contributed by atoms with Crippen molar-refractivity contribution in [1.29, 1.82) is 0 Å². The third kappa shape index (κ3) is 5.73. The lowest BCUT2D eigenvalue weighted by atomic mass is 10.2. The van der Waals surface area contributed by atoms with Crippen LogP contribution in [-0.4, -0.2) is 56.4 Å². The lowest BCUT2D eigenvalue weighted by Crippen LogP contribution is -2.40. The number of halogens is 2. The molecule has 1 heterocycles. The van der Waals surface area contributed by atoms with Crippen molar-refractivity contribution in [2.24, 2.45) is 0 Å². The Balaban J connectivity index is 1.85. The highest BCUT2D eigenvalue weighted by molar-refractivity contribution is 7.91. The number of esters is 1. The normalized spacial score (nSPS) is 19.1. The molecule has 2 rings (SSSR count). The highest BCUT2D eigenvalue weighted by atomic mass is 35.5. The Bertz CT molecular complexity index is 807. The van der Waals surface area contributed by atoms with E-state index in [2.05, 4.69) is 0 Å². The van der Waals surface area contributed by atoms with Crippen LogP contribution in [-0.2, 0) is 24.2 Å². The van der Waals surface area contributed by atoms with Gasteiger partial charge in [-0.05, 0) is 30.2 Å². The predicted octanol–water partition coefficient (Wildman–Crippen LogP) is 2.20. The molecule has 1 amide bonds. The minimum atomic E-state index is -3.09. The topological polar surface area (TPSA) is 80.8 Å². The zero-order valence-corrected chi connectivity index (χ0v) is 15.8. The van der Waals surface area contributed by atoms with Crippen LogP contribution in [0.5, 0.6) is 0 Å². The second-order valence-corrected chi connectivity index (χ2v) is 8.74. The van der Waals surface area contributed by atoms with E-state index in [-0.39, 0.29) is 17.5 Å². The molecular weight excluding hydrogens is 389 g/mol. The molecule has 1 aliphatic heterocycles. The van der Waals surface area contributed by atoms with E-state index in [1.165, 1.54) is 18.0 Å². The quantitative estimate of drug-likeness (QED) is 0.553. The van der Waals surface area contributed by atoms with Crippen molar-refractivity contribution in [3.8, 4) is 0 Å². The van der Waals surface area contributed by atoms with Gasteiger partial charge in [0.2, 0.25) is 0 Å². The second kappa shape index (κ2) is 8.21. The summed E-state index contributed by atoms with van der Waals surface area (Å²) in [4.78, 5) is 25.0. The molecule has 0 saturated carbocycles. The van der Waals surface area contributed by atoms with Gasteiger partial charge in [-0.25, -0.2) is 13.2 Å². The van der Waals surface area contributed by atoms with Crippen LogP contribution in [0.15, 0.2) is 24.3 Å². The van der Waals surface area contributed by atoms with Crippen molar-refractivity contribution < 1.29 is 22.7 Å². The standard InChI is InChI=1S/C16H17Cl2NO5S/c1-19(13-6-7-25(22,23)10-13)15(20)9-24-16(21)5-3-11-2-4-12(17)8-14(11)18/h2-5,8,13H,6-7,9-10H2,1H3/b5-3+/t13-/m0/s1. The molecule has 1 aromatic rings. The monoisotopic (exact) mass is 405 g/mol. The summed E-state index contributed by atoms with van der Waals surface area (Å²) in [6.45, 7) is -0.454. The van der Waals surface area contributed by atoms with E-state index in [1.54, 1.807) is 18.2 Å². The van der Waals surface area contributed by atoms with Crippen LogP contribution in [0, 0.1) is 0 Å². The molecule has 0 aromatic heterocycles. The fourth-order valence-corrected chi connectivity index (χ4v) is 4.61.